The van der Waals surface area contributed by atoms with Crippen molar-refractivity contribution >= 4 is 21.6 Å². The van der Waals surface area contributed by atoms with Gasteiger partial charge < -0.3 is 4.74 Å². The van der Waals surface area contributed by atoms with E-state index in [4.69, 9.17) is 4.74 Å². The molecular weight excluding hydrogens is 402 g/mol. The van der Waals surface area contributed by atoms with E-state index in [-0.39, 0.29) is 17.2 Å². The van der Waals surface area contributed by atoms with Gasteiger partial charge in [-0.2, -0.15) is 9.41 Å². The summed E-state index contributed by atoms with van der Waals surface area (Å²) in [5.41, 5.74) is 5.32. The first kappa shape index (κ1) is 22.1. The number of morpholine rings is 1. The molecule has 160 valence electrons. The number of aryl methyl sites for hydroxylation is 1. The largest absolute Gasteiger partial charge is 0.379 e. The molecule has 1 aliphatic heterocycles. The summed E-state index contributed by atoms with van der Waals surface area (Å²) in [5.74, 6) is -0.179. The Balaban J connectivity index is 1.54. The smallest absolute Gasteiger partial charge is 0.243 e. The van der Waals surface area contributed by atoms with Crippen LogP contribution in [0.1, 0.15) is 30.9 Å². The van der Waals surface area contributed by atoms with Gasteiger partial charge in [-0.15, -0.1) is 0 Å². The minimum atomic E-state index is -3.50. The predicted octanol–water partition coefficient (Wildman–Crippen LogP) is 2.57. The first-order valence-electron chi connectivity index (χ1n) is 10.1. The highest BCUT2D eigenvalue weighted by atomic mass is 32.2. The fraction of sp³-hybridized carbons (Fsp3) is 0.364. The second kappa shape index (κ2) is 10.5. The summed E-state index contributed by atoms with van der Waals surface area (Å²) < 4.78 is 32.0. The molecule has 1 amide bonds. The molecule has 8 heteroatoms. The van der Waals surface area contributed by atoms with Gasteiger partial charge in [-0.05, 0) is 36.1 Å². The molecule has 7 nitrogen and oxygen atoms in total. The number of hydrogen-bond acceptors (Lipinski definition) is 5. The normalized spacial score (nSPS) is 15.7. The van der Waals surface area contributed by atoms with Crippen LogP contribution in [0.2, 0.25) is 0 Å². The molecule has 1 heterocycles. The molecule has 0 aromatic heterocycles. The van der Waals surface area contributed by atoms with Crippen molar-refractivity contribution in [2.24, 2.45) is 5.10 Å². The third-order valence-electron chi connectivity index (χ3n) is 4.93. The highest BCUT2D eigenvalue weighted by Gasteiger charge is 2.26. The number of sulfonamides is 1. The summed E-state index contributed by atoms with van der Waals surface area (Å²) in [6, 6.07) is 16.4. The molecular formula is C22H27N3O4S. The van der Waals surface area contributed by atoms with Gasteiger partial charge in [0.2, 0.25) is 15.9 Å². The standard InChI is InChI=1S/C22H27N3O4S/c1-2-21(19-6-4-3-5-7-19)23-24-22(26)13-10-18-8-11-20(12-9-18)30(27,28)25-14-16-29-17-15-25/h3-9,11-12H,2,10,13-17H2,1H3,(H,24,26)/b23-21+. The fourth-order valence-electron chi connectivity index (χ4n) is 3.19. The van der Waals surface area contributed by atoms with Gasteiger partial charge in [-0.3, -0.25) is 4.79 Å². The topological polar surface area (TPSA) is 88.1 Å². The minimum absolute atomic E-state index is 0.179. The molecule has 1 fully saturated rings. The van der Waals surface area contributed by atoms with Crippen molar-refractivity contribution in [3.63, 3.8) is 0 Å². The maximum absolute atomic E-state index is 12.7. The van der Waals surface area contributed by atoms with E-state index in [0.29, 0.717) is 39.1 Å². The number of carbonyl (C=O) groups excluding carboxylic acids is 1. The van der Waals surface area contributed by atoms with Crippen molar-refractivity contribution in [1.82, 2.24) is 9.73 Å². The summed E-state index contributed by atoms with van der Waals surface area (Å²) in [6.45, 7) is 3.56. The molecule has 0 bridgehead atoms. The zero-order chi connectivity index (χ0) is 21.4. The van der Waals surface area contributed by atoms with E-state index in [2.05, 4.69) is 10.5 Å². The van der Waals surface area contributed by atoms with Crippen molar-refractivity contribution in [2.45, 2.75) is 31.1 Å². The average Bonchev–Trinajstić information content (AvgIpc) is 2.79. The summed E-state index contributed by atoms with van der Waals surface area (Å²) in [4.78, 5) is 12.4. The molecule has 1 N–H and O–H groups in total. The van der Waals surface area contributed by atoms with Gasteiger partial charge in [0.15, 0.2) is 0 Å². The molecule has 0 unspecified atom stereocenters. The maximum atomic E-state index is 12.7. The van der Waals surface area contributed by atoms with Crippen LogP contribution in [0.25, 0.3) is 0 Å². The molecule has 2 aromatic carbocycles. The van der Waals surface area contributed by atoms with E-state index in [9.17, 15) is 13.2 Å². The van der Waals surface area contributed by atoms with Crippen LogP contribution in [0.4, 0.5) is 0 Å². The lowest BCUT2D eigenvalue weighted by Crippen LogP contribution is -2.40. The summed E-state index contributed by atoms with van der Waals surface area (Å²) >= 11 is 0. The number of carbonyl (C=O) groups is 1. The average molecular weight is 430 g/mol. The number of hydrazone groups is 1. The fourth-order valence-corrected chi connectivity index (χ4v) is 4.59. The van der Waals surface area contributed by atoms with Crippen molar-refractivity contribution < 1.29 is 17.9 Å². The maximum Gasteiger partial charge on any atom is 0.243 e. The van der Waals surface area contributed by atoms with Crippen LogP contribution in [0, 0.1) is 0 Å². The van der Waals surface area contributed by atoms with Crippen molar-refractivity contribution in [1.29, 1.82) is 0 Å². The summed E-state index contributed by atoms with van der Waals surface area (Å²) in [5, 5.41) is 4.24. The Morgan fingerprint density at radius 3 is 2.37 bits per heavy atom. The number of ether oxygens (including phenoxy) is 1. The number of nitrogens with one attached hydrogen (secondary N) is 1. The van der Waals surface area contributed by atoms with E-state index in [0.717, 1.165) is 16.8 Å². The van der Waals surface area contributed by atoms with Crippen molar-refractivity contribution in [3.05, 3.63) is 65.7 Å². The molecule has 1 aliphatic rings. The quantitative estimate of drug-likeness (QED) is 0.516. The number of benzene rings is 2. The first-order chi connectivity index (χ1) is 14.5. The first-order valence-corrected chi connectivity index (χ1v) is 11.5. The zero-order valence-corrected chi connectivity index (χ0v) is 17.9. The molecule has 0 aliphatic carbocycles. The van der Waals surface area contributed by atoms with Gasteiger partial charge >= 0.3 is 0 Å². The lowest BCUT2D eigenvalue weighted by molar-refractivity contribution is -0.121. The van der Waals surface area contributed by atoms with Crippen LogP contribution in [0.5, 0.6) is 0 Å². The lowest BCUT2D eigenvalue weighted by Gasteiger charge is -2.26. The van der Waals surface area contributed by atoms with Gasteiger partial charge in [0, 0.05) is 19.5 Å². The molecule has 3 rings (SSSR count). The zero-order valence-electron chi connectivity index (χ0n) is 17.1. The number of amides is 1. The third kappa shape index (κ3) is 5.75. The second-order valence-corrected chi connectivity index (χ2v) is 8.91. The second-order valence-electron chi connectivity index (χ2n) is 6.97. The number of rotatable bonds is 8. The molecule has 0 spiro atoms. The third-order valence-corrected chi connectivity index (χ3v) is 6.84. The molecule has 30 heavy (non-hydrogen) atoms. The Hall–Kier alpha value is -2.55. The molecule has 0 radical (unpaired) electrons. The number of nitrogens with zero attached hydrogens (tertiary/aromatic N) is 2. The van der Waals surface area contributed by atoms with Crippen LogP contribution in [0.15, 0.2) is 64.6 Å². The van der Waals surface area contributed by atoms with Crippen molar-refractivity contribution in [3.8, 4) is 0 Å². The van der Waals surface area contributed by atoms with Crippen LogP contribution in [-0.4, -0.2) is 50.6 Å². The molecule has 1 saturated heterocycles. The lowest BCUT2D eigenvalue weighted by atomic mass is 10.1. The van der Waals surface area contributed by atoms with Crippen molar-refractivity contribution in [2.75, 3.05) is 26.3 Å². The van der Waals surface area contributed by atoms with E-state index in [1.54, 1.807) is 24.3 Å². The molecule has 0 saturated carbocycles. The van der Waals surface area contributed by atoms with Gasteiger partial charge in [-0.1, -0.05) is 49.4 Å². The highest BCUT2D eigenvalue weighted by Crippen LogP contribution is 2.18. The predicted molar refractivity (Wildman–Crippen MR) is 116 cm³/mol. The summed E-state index contributed by atoms with van der Waals surface area (Å²) in [7, 11) is -3.50. The van der Waals surface area contributed by atoms with E-state index in [1.807, 2.05) is 37.3 Å². The summed E-state index contributed by atoms with van der Waals surface area (Å²) in [6.07, 6.45) is 1.49. The van der Waals surface area contributed by atoms with E-state index >= 15 is 0 Å². The molecule has 0 atom stereocenters. The number of hydrogen-bond donors (Lipinski definition) is 1. The molecule has 2 aromatic rings. The van der Waals surface area contributed by atoms with Gasteiger partial charge in [0.1, 0.15) is 0 Å². The highest BCUT2D eigenvalue weighted by molar-refractivity contribution is 7.89. The van der Waals surface area contributed by atoms with Gasteiger partial charge in [0.25, 0.3) is 0 Å². The Bertz CT molecular complexity index is 967. The Labute approximate surface area is 177 Å². The van der Waals surface area contributed by atoms with Gasteiger partial charge in [-0.25, -0.2) is 13.8 Å². The SMILES string of the molecule is CC/C(=N\NC(=O)CCc1ccc(S(=O)(=O)N2CCOCC2)cc1)c1ccccc1. The van der Waals surface area contributed by atoms with Crippen LogP contribution < -0.4 is 5.43 Å². The van der Waals surface area contributed by atoms with Crippen LogP contribution >= 0.6 is 0 Å². The van der Waals surface area contributed by atoms with E-state index in [1.165, 1.54) is 4.31 Å². The minimum Gasteiger partial charge on any atom is -0.379 e. The van der Waals surface area contributed by atoms with E-state index < -0.39 is 10.0 Å². The Kier molecular flexibility index (Phi) is 7.73. The van der Waals surface area contributed by atoms with Crippen LogP contribution in [0.3, 0.4) is 0 Å². The monoisotopic (exact) mass is 429 g/mol. The van der Waals surface area contributed by atoms with Gasteiger partial charge in [0.05, 0.1) is 23.8 Å². The van der Waals surface area contributed by atoms with Crippen LogP contribution in [-0.2, 0) is 26.0 Å². The Morgan fingerprint density at radius 2 is 1.73 bits per heavy atom. The Morgan fingerprint density at radius 1 is 1.07 bits per heavy atom.